The van der Waals surface area contributed by atoms with Gasteiger partial charge in [0.25, 0.3) is 0 Å². The maximum atomic E-state index is 10.8. The van der Waals surface area contributed by atoms with E-state index < -0.39 is 5.97 Å². The molecule has 0 saturated heterocycles. The van der Waals surface area contributed by atoms with Crippen molar-refractivity contribution in [3.63, 3.8) is 0 Å². The van der Waals surface area contributed by atoms with Crippen LogP contribution in [0.5, 0.6) is 0 Å². The monoisotopic (exact) mass is 296 g/mol. The molecule has 2 aliphatic carbocycles. The van der Waals surface area contributed by atoms with Gasteiger partial charge in [0, 0.05) is 6.42 Å². The van der Waals surface area contributed by atoms with Crippen LogP contribution in [0.2, 0.25) is 0 Å². The van der Waals surface area contributed by atoms with E-state index in [2.05, 4.69) is 0 Å². The number of aliphatic carboxylic acids is 1. The Bertz CT molecular complexity index is 369. The summed E-state index contributed by atoms with van der Waals surface area (Å²) in [6, 6.07) is 0. The fourth-order valence-electron chi connectivity index (χ4n) is 3.49. The first-order valence-electron chi connectivity index (χ1n) is 8.33. The van der Waals surface area contributed by atoms with Gasteiger partial charge in [-0.3, -0.25) is 4.79 Å². The number of carboxylic acids is 1. The number of carbonyl (C=O) groups is 2. The first-order valence-corrected chi connectivity index (χ1v) is 8.33. The van der Waals surface area contributed by atoms with Crippen LogP contribution in [0.25, 0.3) is 0 Å². The summed E-state index contributed by atoms with van der Waals surface area (Å²) in [6.45, 7) is 0. The van der Waals surface area contributed by atoms with E-state index in [0.717, 1.165) is 57.7 Å². The van der Waals surface area contributed by atoms with Crippen LogP contribution in [0.4, 0.5) is 0 Å². The molecular formula is C17H28O4. The second kappa shape index (κ2) is 6.91. The zero-order chi connectivity index (χ0) is 15.3. The third-order valence-corrected chi connectivity index (χ3v) is 5.45. The molecule has 1 atom stereocenters. The fourth-order valence-corrected chi connectivity index (χ4v) is 3.49. The van der Waals surface area contributed by atoms with Gasteiger partial charge in [0.05, 0.1) is 12.5 Å². The highest BCUT2D eigenvalue weighted by molar-refractivity contribution is 5.68. The van der Waals surface area contributed by atoms with Crippen LogP contribution in [0, 0.1) is 10.8 Å². The Morgan fingerprint density at radius 3 is 2.00 bits per heavy atom. The van der Waals surface area contributed by atoms with Crippen LogP contribution in [-0.2, 0) is 9.59 Å². The normalized spacial score (nSPS) is 22.5. The van der Waals surface area contributed by atoms with Crippen molar-refractivity contribution in [1.82, 2.24) is 0 Å². The van der Waals surface area contributed by atoms with Gasteiger partial charge in [-0.1, -0.05) is 12.8 Å². The SMILES string of the molecule is O=CCC1(CCCC(O)CCCC2(CC(=O)O)CC2)CC1. The second-order valence-electron chi connectivity index (χ2n) is 7.38. The maximum absolute atomic E-state index is 10.8. The molecule has 0 bridgehead atoms. The van der Waals surface area contributed by atoms with E-state index in [4.69, 9.17) is 5.11 Å². The average Bonchev–Trinajstić information content (AvgIpc) is 3.29. The average molecular weight is 296 g/mol. The standard InChI is InChI=1S/C17H28O4/c18-12-11-16(7-8-16)5-1-3-14(19)4-2-6-17(9-10-17)13-15(20)21/h12,14,19H,1-11,13H2,(H,20,21). The van der Waals surface area contributed by atoms with Crippen molar-refractivity contribution in [1.29, 1.82) is 0 Å². The minimum atomic E-state index is -0.696. The van der Waals surface area contributed by atoms with Gasteiger partial charge >= 0.3 is 5.97 Å². The van der Waals surface area contributed by atoms with E-state index in [9.17, 15) is 14.7 Å². The number of hydrogen-bond acceptors (Lipinski definition) is 3. The number of carboxylic acid groups (broad SMARTS) is 1. The molecule has 2 aliphatic rings. The highest BCUT2D eigenvalue weighted by Crippen LogP contribution is 2.53. The lowest BCUT2D eigenvalue weighted by molar-refractivity contribution is -0.138. The Labute approximate surface area is 126 Å². The van der Waals surface area contributed by atoms with Gasteiger partial charge in [-0.15, -0.1) is 0 Å². The van der Waals surface area contributed by atoms with Crippen LogP contribution >= 0.6 is 0 Å². The molecule has 4 heteroatoms. The maximum Gasteiger partial charge on any atom is 0.303 e. The zero-order valence-electron chi connectivity index (χ0n) is 12.9. The zero-order valence-corrected chi connectivity index (χ0v) is 12.9. The number of aliphatic hydroxyl groups is 1. The number of aldehydes is 1. The number of aliphatic hydroxyl groups excluding tert-OH is 1. The topological polar surface area (TPSA) is 74.6 Å². The molecule has 0 aromatic carbocycles. The molecular weight excluding hydrogens is 268 g/mol. The van der Waals surface area contributed by atoms with Crippen LogP contribution in [0.1, 0.15) is 77.0 Å². The quantitative estimate of drug-likeness (QED) is 0.542. The Balaban J connectivity index is 1.53. The first-order chi connectivity index (χ1) is 9.99. The summed E-state index contributed by atoms with van der Waals surface area (Å²) in [5, 5.41) is 18.9. The van der Waals surface area contributed by atoms with E-state index in [0.29, 0.717) is 6.42 Å². The number of carbonyl (C=O) groups excluding carboxylic acids is 1. The molecule has 0 spiro atoms. The van der Waals surface area contributed by atoms with Crippen molar-refractivity contribution in [3.8, 4) is 0 Å². The van der Waals surface area contributed by atoms with Crippen LogP contribution in [-0.4, -0.2) is 28.6 Å². The van der Waals surface area contributed by atoms with E-state index in [1.54, 1.807) is 0 Å². The van der Waals surface area contributed by atoms with Crippen LogP contribution in [0.3, 0.4) is 0 Å². The Morgan fingerprint density at radius 2 is 1.57 bits per heavy atom. The van der Waals surface area contributed by atoms with Crippen LogP contribution in [0.15, 0.2) is 0 Å². The van der Waals surface area contributed by atoms with E-state index in [1.807, 2.05) is 0 Å². The third-order valence-electron chi connectivity index (χ3n) is 5.45. The summed E-state index contributed by atoms with van der Waals surface area (Å²) in [5.74, 6) is -0.696. The molecule has 0 aromatic heterocycles. The molecule has 0 heterocycles. The van der Waals surface area contributed by atoms with Crippen molar-refractivity contribution in [3.05, 3.63) is 0 Å². The molecule has 21 heavy (non-hydrogen) atoms. The third kappa shape index (κ3) is 5.42. The van der Waals surface area contributed by atoms with Crippen LogP contribution < -0.4 is 0 Å². The molecule has 2 saturated carbocycles. The summed E-state index contributed by atoms with van der Waals surface area (Å²) in [7, 11) is 0. The molecule has 0 aromatic rings. The lowest BCUT2D eigenvalue weighted by Gasteiger charge is -2.16. The predicted octanol–water partition coefficient (Wildman–Crippen LogP) is 3.31. The minimum Gasteiger partial charge on any atom is -0.481 e. The summed E-state index contributed by atoms with van der Waals surface area (Å²) in [6.07, 6.45) is 11.6. The second-order valence-corrected chi connectivity index (χ2v) is 7.38. The van der Waals surface area contributed by atoms with Gasteiger partial charge in [0.1, 0.15) is 6.29 Å². The number of hydrogen-bond donors (Lipinski definition) is 2. The van der Waals surface area contributed by atoms with Crippen molar-refractivity contribution in [2.45, 2.75) is 83.2 Å². The molecule has 120 valence electrons. The van der Waals surface area contributed by atoms with Crippen molar-refractivity contribution >= 4 is 12.3 Å². The lowest BCUT2D eigenvalue weighted by atomic mass is 9.92. The molecule has 2 rings (SSSR count). The Hall–Kier alpha value is -0.900. The van der Waals surface area contributed by atoms with Crippen molar-refractivity contribution < 1.29 is 19.8 Å². The van der Waals surface area contributed by atoms with Crippen molar-refractivity contribution in [2.24, 2.45) is 10.8 Å². The molecule has 0 aliphatic heterocycles. The molecule has 0 radical (unpaired) electrons. The molecule has 0 amide bonds. The van der Waals surface area contributed by atoms with Gasteiger partial charge in [-0.05, 0) is 62.2 Å². The van der Waals surface area contributed by atoms with Gasteiger partial charge in [-0.25, -0.2) is 0 Å². The minimum absolute atomic E-state index is 0.0492. The molecule has 2 N–H and O–H groups in total. The lowest BCUT2D eigenvalue weighted by Crippen LogP contribution is -2.12. The fraction of sp³-hybridized carbons (Fsp3) is 0.882. The smallest absolute Gasteiger partial charge is 0.303 e. The molecule has 2 fully saturated rings. The Kier molecular flexibility index (Phi) is 5.42. The van der Waals surface area contributed by atoms with Gasteiger partial charge in [-0.2, -0.15) is 0 Å². The van der Waals surface area contributed by atoms with E-state index in [-0.39, 0.29) is 23.4 Å². The summed E-state index contributed by atoms with van der Waals surface area (Å²) in [4.78, 5) is 21.4. The first kappa shape index (κ1) is 16.5. The highest BCUT2D eigenvalue weighted by atomic mass is 16.4. The number of rotatable bonds is 12. The van der Waals surface area contributed by atoms with Gasteiger partial charge in [0.2, 0.25) is 0 Å². The highest BCUT2D eigenvalue weighted by Gasteiger charge is 2.43. The molecule has 4 nitrogen and oxygen atoms in total. The van der Waals surface area contributed by atoms with Gasteiger partial charge < -0.3 is 15.0 Å². The largest absolute Gasteiger partial charge is 0.481 e. The summed E-state index contributed by atoms with van der Waals surface area (Å²) < 4.78 is 0. The van der Waals surface area contributed by atoms with Crippen molar-refractivity contribution in [2.75, 3.05) is 0 Å². The van der Waals surface area contributed by atoms with E-state index in [1.165, 1.54) is 12.8 Å². The summed E-state index contributed by atoms with van der Waals surface area (Å²) in [5.41, 5.74) is 0.328. The predicted molar refractivity (Wildman–Crippen MR) is 80.0 cm³/mol. The summed E-state index contributed by atoms with van der Waals surface area (Å²) >= 11 is 0. The van der Waals surface area contributed by atoms with E-state index >= 15 is 0 Å². The Morgan fingerprint density at radius 1 is 1.05 bits per heavy atom. The van der Waals surface area contributed by atoms with Gasteiger partial charge in [0.15, 0.2) is 0 Å². The molecule has 1 unspecified atom stereocenters.